The molecule has 118 valence electrons. The third kappa shape index (κ3) is 3.50. The number of aryl methyl sites for hydroxylation is 1. The average Bonchev–Trinajstić information content (AvgIpc) is 3.17. The number of hydrogen-bond acceptors (Lipinski definition) is 4. The molecule has 2 aliphatic rings. The molecule has 3 rings (SSSR count). The Kier molecular flexibility index (Phi) is 4.69. The van der Waals surface area contributed by atoms with Crippen LogP contribution in [0.15, 0.2) is 12.1 Å². The summed E-state index contributed by atoms with van der Waals surface area (Å²) in [5, 5.41) is 0. The molecule has 0 aliphatic carbocycles. The van der Waals surface area contributed by atoms with Crippen LogP contribution in [0.25, 0.3) is 0 Å². The summed E-state index contributed by atoms with van der Waals surface area (Å²) in [7, 11) is -3.18. The maximum Gasteiger partial charge on any atom is 0.214 e. The van der Waals surface area contributed by atoms with Crippen molar-refractivity contribution < 1.29 is 13.2 Å². The molecule has 0 spiro atoms. The van der Waals surface area contributed by atoms with Crippen molar-refractivity contribution >= 4 is 21.4 Å². The van der Waals surface area contributed by atoms with E-state index in [0.29, 0.717) is 13.0 Å². The molecular formula is C15H23NO3S2. The van der Waals surface area contributed by atoms with Crippen LogP contribution < -0.4 is 0 Å². The van der Waals surface area contributed by atoms with Gasteiger partial charge in [0.25, 0.3) is 0 Å². The van der Waals surface area contributed by atoms with Gasteiger partial charge in [0.1, 0.15) is 0 Å². The molecule has 0 amide bonds. The molecule has 3 heterocycles. The Morgan fingerprint density at radius 3 is 2.86 bits per heavy atom. The lowest BCUT2D eigenvalue weighted by atomic mass is 10.2. The van der Waals surface area contributed by atoms with Crippen molar-refractivity contribution in [2.75, 3.05) is 18.9 Å². The fourth-order valence-electron chi connectivity index (χ4n) is 3.26. The molecule has 2 saturated heterocycles. The highest BCUT2D eigenvalue weighted by Gasteiger charge is 2.36. The van der Waals surface area contributed by atoms with E-state index < -0.39 is 10.0 Å². The van der Waals surface area contributed by atoms with Gasteiger partial charge in [-0.1, -0.05) is 0 Å². The molecule has 2 fully saturated rings. The van der Waals surface area contributed by atoms with E-state index in [1.165, 1.54) is 9.75 Å². The Labute approximate surface area is 131 Å². The first kappa shape index (κ1) is 15.5. The number of ether oxygens (including phenoxy) is 1. The van der Waals surface area contributed by atoms with Gasteiger partial charge in [-0.15, -0.1) is 11.3 Å². The van der Waals surface area contributed by atoms with Crippen molar-refractivity contribution in [1.29, 1.82) is 0 Å². The van der Waals surface area contributed by atoms with Crippen LogP contribution in [0.2, 0.25) is 0 Å². The Balaban J connectivity index is 1.68. The number of hydrogen-bond donors (Lipinski definition) is 0. The van der Waals surface area contributed by atoms with Crippen molar-refractivity contribution in [3.8, 4) is 0 Å². The van der Waals surface area contributed by atoms with Gasteiger partial charge in [-0.05, 0) is 51.2 Å². The molecule has 0 N–H and O–H groups in total. The van der Waals surface area contributed by atoms with E-state index in [2.05, 4.69) is 19.1 Å². The molecule has 0 saturated carbocycles. The fourth-order valence-corrected chi connectivity index (χ4v) is 6.16. The minimum Gasteiger partial charge on any atom is -0.378 e. The van der Waals surface area contributed by atoms with Gasteiger partial charge in [0, 0.05) is 22.9 Å². The third-order valence-electron chi connectivity index (χ3n) is 4.37. The van der Waals surface area contributed by atoms with Crippen LogP contribution in [0, 0.1) is 6.92 Å². The first-order chi connectivity index (χ1) is 10.1. The zero-order chi connectivity index (χ0) is 14.9. The van der Waals surface area contributed by atoms with E-state index in [4.69, 9.17) is 4.74 Å². The Morgan fingerprint density at radius 2 is 2.19 bits per heavy atom. The van der Waals surface area contributed by atoms with Crippen molar-refractivity contribution in [3.63, 3.8) is 0 Å². The van der Waals surface area contributed by atoms with E-state index in [0.717, 1.165) is 32.3 Å². The van der Waals surface area contributed by atoms with Crippen molar-refractivity contribution in [1.82, 2.24) is 4.31 Å². The summed E-state index contributed by atoms with van der Waals surface area (Å²) in [6, 6.07) is 4.21. The van der Waals surface area contributed by atoms with Gasteiger partial charge in [0.15, 0.2) is 0 Å². The monoisotopic (exact) mass is 329 g/mol. The summed E-state index contributed by atoms with van der Waals surface area (Å²) in [6.45, 7) is 3.51. The van der Waals surface area contributed by atoms with Gasteiger partial charge in [0.2, 0.25) is 10.0 Å². The molecule has 2 aliphatic heterocycles. The van der Waals surface area contributed by atoms with Crippen molar-refractivity contribution in [2.24, 2.45) is 0 Å². The highest BCUT2D eigenvalue weighted by molar-refractivity contribution is 7.89. The predicted molar refractivity (Wildman–Crippen MR) is 85.1 cm³/mol. The van der Waals surface area contributed by atoms with Crippen molar-refractivity contribution in [2.45, 2.75) is 51.2 Å². The molecule has 1 aromatic heterocycles. The average molecular weight is 329 g/mol. The summed E-state index contributed by atoms with van der Waals surface area (Å²) < 4.78 is 32.6. The maximum atomic E-state index is 12.7. The largest absolute Gasteiger partial charge is 0.378 e. The van der Waals surface area contributed by atoms with Crippen LogP contribution in [0.3, 0.4) is 0 Å². The maximum absolute atomic E-state index is 12.7. The van der Waals surface area contributed by atoms with Crippen LogP contribution >= 0.6 is 11.3 Å². The zero-order valence-corrected chi connectivity index (χ0v) is 14.1. The van der Waals surface area contributed by atoms with Gasteiger partial charge in [-0.2, -0.15) is 4.31 Å². The van der Waals surface area contributed by atoms with Gasteiger partial charge in [0.05, 0.1) is 17.9 Å². The fraction of sp³-hybridized carbons (Fsp3) is 0.733. The summed E-state index contributed by atoms with van der Waals surface area (Å²) in [5.74, 6) is 0.221. The summed E-state index contributed by atoms with van der Waals surface area (Å²) in [4.78, 5) is 2.43. The van der Waals surface area contributed by atoms with Gasteiger partial charge >= 0.3 is 0 Å². The smallest absolute Gasteiger partial charge is 0.214 e. The lowest BCUT2D eigenvalue weighted by molar-refractivity contribution is 0.108. The Bertz CT molecular complexity index is 575. The normalized spacial score (nSPS) is 27.5. The molecule has 0 aromatic carbocycles. The molecule has 1 aromatic rings. The quantitative estimate of drug-likeness (QED) is 0.834. The second kappa shape index (κ2) is 6.36. The first-order valence-electron chi connectivity index (χ1n) is 7.74. The first-order valence-corrected chi connectivity index (χ1v) is 10.2. The number of nitrogens with zero attached hydrogens (tertiary/aromatic N) is 1. The predicted octanol–water partition coefficient (Wildman–Crippen LogP) is 3.09. The number of thiophene rings is 1. The highest BCUT2D eigenvalue weighted by atomic mass is 32.2. The molecule has 0 radical (unpaired) electrons. The second-order valence-corrected chi connectivity index (χ2v) is 9.32. The van der Waals surface area contributed by atoms with Gasteiger partial charge in [-0.25, -0.2) is 8.42 Å². The lowest BCUT2D eigenvalue weighted by Gasteiger charge is -2.24. The van der Waals surface area contributed by atoms with Crippen LogP contribution in [-0.2, 0) is 14.8 Å². The SMILES string of the molecule is Cc1ccc([C@H]2CCCN2S(=O)(=O)CC[C@H]2CCCO2)s1. The number of sulfonamides is 1. The van der Waals surface area contributed by atoms with Crippen LogP contribution in [-0.4, -0.2) is 37.7 Å². The summed E-state index contributed by atoms with van der Waals surface area (Å²) >= 11 is 1.72. The standard InChI is InChI=1S/C15H23NO3S2/c1-12-6-7-15(20-12)14-5-2-9-16(14)21(17,18)11-8-13-4-3-10-19-13/h6-7,13-14H,2-5,8-11H2,1H3/t13-,14-/m1/s1. The molecule has 0 unspecified atom stereocenters. The van der Waals surface area contributed by atoms with E-state index in [9.17, 15) is 8.42 Å². The van der Waals surface area contributed by atoms with E-state index in [1.807, 2.05) is 0 Å². The topological polar surface area (TPSA) is 46.6 Å². The van der Waals surface area contributed by atoms with E-state index in [-0.39, 0.29) is 17.9 Å². The van der Waals surface area contributed by atoms with Crippen LogP contribution in [0.5, 0.6) is 0 Å². The molecular weight excluding hydrogens is 306 g/mol. The van der Waals surface area contributed by atoms with Crippen molar-refractivity contribution in [3.05, 3.63) is 21.9 Å². The zero-order valence-electron chi connectivity index (χ0n) is 12.5. The molecule has 4 nitrogen and oxygen atoms in total. The minimum atomic E-state index is -3.18. The molecule has 21 heavy (non-hydrogen) atoms. The van der Waals surface area contributed by atoms with Crippen LogP contribution in [0.1, 0.15) is 47.9 Å². The van der Waals surface area contributed by atoms with E-state index >= 15 is 0 Å². The van der Waals surface area contributed by atoms with E-state index in [1.54, 1.807) is 15.6 Å². The second-order valence-electron chi connectivity index (χ2n) is 5.96. The van der Waals surface area contributed by atoms with Gasteiger partial charge in [-0.3, -0.25) is 0 Å². The Morgan fingerprint density at radius 1 is 1.33 bits per heavy atom. The third-order valence-corrected chi connectivity index (χ3v) is 7.38. The number of rotatable bonds is 5. The summed E-state index contributed by atoms with van der Waals surface area (Å²) in [5.41, 5.74) is 0. The summed E-state index contributed by atoms with van der Waals surface area (Å²) in [6.07, 6.45) is 4.74. The molecule has 6 heteroatoms. The van der Waals surface area contributed by atoms with Crippen LogP contribution in [0.4, 0.5) is 0 Å². The molecule has 2 atom stereocenters. The minimum absolute atomic E-state index is 0.0539. The Hall–Kier alpha value is -0.430. The van der Waals surface area contributed by atoms with Gasteiger partial charge < -0.3 is 4.74 Å². The highest BCUT2D eigenvalue weighted by Crippen LogP contribution is 2.38. The lowest BCUT2D eigenvalue weighted by Crippen LogP contribution is -2.33. The molecule has 0 bridgehead atoms.